The number of hydrogen-bond donors (Lipinski definition) is 2. The highest BCUT2D eigenvalue weighted by atomic mass is 32.2. The Morgan fingerprint density at radius 2 is 2.07 bits per heavy atom. The average Bonchev–Trinajstić information content (AvgIpc) is 2.63. The molecule has 1 unspecified atom stereocenters. The average molecular weight is 215 g/mol. The fraction of sp³-hybridized carbons (Fsp3) is 1.00. The van der Waals surface area contributed by atoms with Crippen LogP contribution in [0.15, 0.2) is 0 Å². The molecule has 2 fully saturated rings. The van der Waals surface area contributed by atoms with E-state index in [1.54, 1.807) is 0 Å². The summed E-state index contributed by atoms with van der Waals surface area (Å²) in [6.07, 6.45) is 7.42. The lowest BCUT2D eigenvalue weighted by Crippen LogP contribution is -2.39. The summed E-state index contributed by atoms with van der Waals surface area (Å²) in [6, 6.07) is 0.387. The summed E-state index contributed by atoms with van der Waals surface area (Å²) in [5.74, 6) is 1.33. The van der Waals surface area contributed by atoms with Crippen LogP contribution in [0.3, 0.4) is 0 Å². The first-order valence-electron chi connectivity index (χ1n) is 5.89. The Bertz CT molecular complexity index is 171. The van der Waals surface area contributed by atoms with Crippen molar-refractivity contribution in [3.8, 4) is 0 Å². The van der Waals surface area contributed by atoms with Gasteiger partial charge in [0.15, 0.2) is 0 Å². The van der Waals surface area contributed by atoms with Crippen molar-refractivity contribution in [1.82, 2.24) is 5.32 Å². The van der Waals surface area contributed by atoms with Crippen LogP contribution in [0.4, 0.5) is 0 Å². The van der Waals surface area contributed by atoms with Crippen LogP contribution in [0, 0.1) is 0 Å². The van der Waals surface area contributed by atoms with Gasteiger partial charge >= 0.3 is 0 Å². The third-order valence-corrected chi connectivity index (χ3v) is 4.76. The Morgan fingerprint density at radius 1 is 1.14 bits per heavy atom. The van der Waals surface area contributed by atoms with E-state index in [1.807, 2.05) is 0 Å². The number of aliphatic hydroxyl groups excluding tert-OH is 1. The second-order valence-corrected chi connectivity index (χ2v) is 5.91. The minimum Gasteiger partial charge on any atom is -0.392 e. The molecule has 2 aliphatic rings. The Kier molecular flexibility index (Phi) is 4.14. The zero-order valence-electron chi connectivity index (χ0n) is 8.74. The quantitative estimate of drug-likeness (QED) is 0.752. The van der Waals surface area contributed by atoms with Gasteiger partial charge in [-0.05, 0) is 37.9 Å². The van der Waals surface area contributed by atoms with E-state index >= 15 is 0 Å². The largest absolute Gasteiger partial charge is 0.392 e. The van der Waals surface area contributed by atoms with Crippen LogP contribution in [0.5, 0.6) is 0 Å². The van der Waals surface area contributed by atoms with Gasteiger partial charge in [0.25, 0.3) is 0 Å². The van der Waals surface area contributed by atoms with E-state index in [0.717, 1.165) is 18.2 Å². The summed E-state index contributed by atoms with van der Waals surface area (Å²) in [7, 11) is 0. The van der Waals surface area contributed by atoms with Crippen molar-refractivity contribution in [3.63, 3.8) is 0 Å². The van der Waals surface area contributed by atoms with Crippen LogP contribution in [0.25, 0.3) is 0 Å². The van der Waals surface area contributed by atoms with Gasteiger partial charge in [0.1, 0.15) is 0 Å². The molecular formula is C11H21NOS. The third-order valence-electron chi connectivity index (χ3n) is 3.36. The van der Waals surface area contributed by atoms with E-state index < -0.39 is 0 Å². The van der Waals surface area contributed by atoms with Crippen LogP contribution >= 0.6 is 11.8 Å². The van der Waals surface area contributed by atoms with Gasteiger partial charge in [-0.15, -0.1) is 0 Å². The fourth-order valence-electron chi connectivity index (χ4n) is 2.43. The van der Waals surface area contributed by atoms with Crippen molar-refractivity contribution in [2.24, 2.45) is 0 Å². The van der Waals surface area contributed by atoms with Crippen molar-refractivity contribution >= 4 is 11.8 Å². The van der Waals surface area contributed by atoms with E-state index in [1.165, 1.54) is 37.9 Å². The SMILES string of the molecule is O[C@H]1CCC[C@@H]1NCC1CCCCS1. The van der Waals surface area contributed by atoms with Crippen LogP contribution in [-0.2, 0) is 0 Å². The van der Waals surface area contributed by atoms with E-state index in [-0.39, 0.29) is 6.10 Å². The molecule has 0 aromatic heterocycles. The zero-order chi connectivity index (χ0) is 9.80. The highest BCUT2D eigenvalue weighted by molar-refractivity contribution is 7.99. The highest BCUT2D eigenvalue weighted by Crippen LogP contribution is 2.25. The summed E-state index contributed by atoms with van der Waals surface area (Å²) >= 11 is 2.10. The fourth-order valence-corrected chi connectivity index (χ4v) is 3.68. The minimum atomic E-state index is -0.0800. The first-order chi connectivity index (χ1) is 6.86. The molecule has 2 N–H and O–H groups in total. The minimum absolute atomic E-state index is 0.0800. The molecule has 0 bridgehead atoms. The molecule has 1 saturated carbocycles. The van der Waals surface area contributed by atoms with Gasteiger partial charge in [-0.25, -0.2) is 0 Å². The lowest BCUT2D eigenvalue weighted by molar-refractivity contribution is 0.149. The van der Waals surface area contributed by atoms with Crippen molar-refractivity contribution in [3.05, 3.63) is 0 Å². The molecule has 1 heterocycles. The van der Waals surface area contributed by atoms with E-state index in [9.17, 15) is 5.11 Å². The smallest absolute Gasteiger partial charge is 0.0693 e. The predicted octanol–water partition coefficient (Wildman–Crippen LogP) is 1.78. The molecule has 1 saturated heterocycles. The summed E-state index contributed by atoms with van der Waals surface area (Å²) in [5, 5.41) is 14.0. The second kappa shape index (κ2) is 5.38. The highest BCUT2D eigenvalue weighted by Gasteiger charge is 2.25. The maximum Gasteiger partial charge on any atom is 0.0693 e. The van der Waals surface area contributed by atoms with Crippen LogP contribution in [0.1, 0.15) is 38.5 Å². The summed E-state index contributed by atoms with van der Waals surface area (Å²) in [6.45, 7) is 1.10. The molecule has 1 aliphatic carbocycles. The molecule has 3 heteroatoms. The van der Waals surface area contributed by atoms with Crippen LogP contribution < -0.4 is 5.32 Å². The standard InChI is InChI=1S/C11H21NOS/c13-11-6-3-5-10(11)12-8-9-4-1-2-7-14-9/h9-13H,1-8H2/t9?,10-,11-/m0/s1. The molecule has 0 aromatic rings. The molecule has 0 radical (unpaired) electrons. The van der Waals surface area contributed by atoms with Crippen LogP contribution in [-0.4, -0.2) is 34.8 Å². The molecule has 0 amide bonds. The molecule has 14 heavy (non-hydrogen) atoms. The molecule has 2 nitrogen and oxygen atoms in total. The predicted molar refractivity (Wildman–Crippen MR) is 61.7 cm³/mol. The lowest BCUT2D eigenvalue weighted by Gasteiger charge is -2.24. The summed E-state index contributed by atoms with van der Waals surface area (Å²) in [4.78, 5) is 0. The topological polar surface area (TPSA) is 32.3 Å². The summed E-state index contributed by atoms with van der Waals surface area (Å²) in [5.41, 5.74) is 0. The Balaban J connectivity index is 1.65. The number of aliphatic hydroxyl groups is 1. The van der Waals surface area contributed by atoms with Crippen molar-refractivity contribution in [2.45, 2.75) is 55.9 Å². The van der Waals surface area contributed by atoms with E-state index in [2.05, 4.69) is 17.1 Å². The van der Waals surface area contributed by atoms with Crippen molar-refractivity contribution < 1.29 is 5.11 Å². The van der Waals surface area contributed by atoms with Gasteiger partial charge in [0.2, 0.25) is 0 Å². The van der Waals surface area contributed by atoms with Crippen molar-refractivity contribution in [2.75, 3.05) is 12.3 Å². The first kappa shape index (κ1) is 10.8. The number of hydrogen-bond acceptors (Lipinski definition) is 3. The van der Waals surface area contributed by atoms with Crippen LogP contribution in [0.2, 0.25) is 0 Å². The number of rotatable bonds is 3. The molecular weight excluding hydrogens is 194 g/mol. The normalized spacial score (nSPS) is 38.8. The van der Waals surface area contributed by atoms with Gasteiger partial charge in [0, 0.05) is 17.8 Å². The zero-order valence-corrected chi connectivity index (χ0v) is 9.56. The Morgan fingerprint density at radius 3 is 2.71 bits per heavy atom. The molecule has 1 aliphatic heterocycles. The molecule has 3 atom stereocenters. The summed E-state index contributed by atoms with van der Waals surface area (Å²) < 4.78 is 0. The molecule has 0 aromatic carbocycles. The molecule has 2 rings (SSSR count). The van der Waals surface area contributed by atoms with Gasteiger partial charge in [-0.3, -0.25) is 0 Å². The molecule has 0 spiro atoms. The maximum absolute atomic E-state index is 9.65. The van der Waals surface area contributed by atoms with Gasteiger partial charge in [-0.2, -0.15) is 11.8 Å². The third kappa shape index (κ3) is 2.88. The number of thioether (sulfide) groups is 1. The second-order valence-electron chi connectivity index (χ2n) is 4.50. The molecule has 82 valence electrons. The maximum atomic E-state index is 9.65. The van der Waals surface area contributed by atoms with Gasteiger partial charge in [0.05, 0.1) is 6.10 Å². The first-order valence-corrected chi connectivity index (χ1v) is 6.94. The Hall–Kier alpha value is 0.270. The monoisotopic (exact) mass is 215 g/mol. The Labute approximate surface area is 90.8 Å². The van der Waals surface area contributed by atoms with E-state index in [4.69, 9.17) is 0 Å². The van der Waals surface area contributed by atoms with Crippen molar-refractivity contribution in [1.29, 1.82) is 0 Å². The lowest BCUT2D eigenvalue weighted by atomic mass is 10.1. The van der Waals surface area contributed by atoms with Gasteiger partial charge in [-0.1, -0.05) is 6.42 Å². The number of nitrogens with one attached hydrogen (secondary N) is 1. The van der Waals surface area contributed by atoms with E-state index in [0.29, 0.717) is 6.04 Å². The van der Waals surface area contributed by atoms with Gasteiger partial charge < -0.3 is 10.4 Å².